The Morgan fingerprint density at radius 1 is 1.80 bits per heavy atom. The number of carboxylic acid groups (broad SMARTS) is 1. The highest BCUT2D eigenvalue weighted by atomic mass is 32.1. The summed E-state index contributed by atoms with van der Waals surface area (Å²) in [5.41, 5.74) is 0.569. The van der Waals surface area contributed by atoms with E-state index in [1.807, 2.05) is 12.3 Å². The van der Waals surface area contributed by atoms with Crippen LogP contribution >= 0.6 is 11.3 Å². The van der Waals surface area contributed by atoms with E-state index in [-0.39, 0.29) is 0 Å². The molecule has 2 unspecified atom stereocenters. The third kappa shape index (κ3) is 1.19. The van der Waals surface area contributed by atoms with E-state index in [4.69, 9.17) is 5.11 Å². The molecule has 4 nitrogen and oxygen atoms in total. The van der Waals surface area contributed by atoms with Gasteiger partial charge in [0.25, 0.3) is 0 Å². The Balaban J connectivity index is 1.81. The molecule has 1 aliphatic carbocycles. The molecule has 3 rings (SSSR count). The molecule has 1 aromatic rings. The lowest BCUT2D eigenvalue weighted by Crippen LogP contribution is -2.28. The van der Waals surface area contributed by atoms with Crippen LogP contribution in [0.1, 0.15) is 12.1 Å². The number of hydrogen-bond donors (Lipinski definition) is 1. The molecule has 0 spiro atoms. The molecule has 5 heteroatoms. The second kappa shape index (κ2) is 2.72. The minimum absolute atomic E-state index is 0.346. The third-order valence-corrected chi connectivity index (χ3v) is 4.47. The second-order valence-electron chi connectivity index (χ2n) is 4.51. The van der Waals surface area contributed by atoms with Crippen molar-refractivity contribution in [2.24, 2.45) is 11.3 Å². The number of piperidine rings is 1. The van der Waals surface area contributed by atoms with E-state index >= 15 is 0 Å². The van der Waals surface area contributed by atoms with E-state index in [1.165, 1.54) is 0 Å². The third-order valence-electron chi connectivity index (χ3n) is 3.45. The maximum atomic E-state index is 11.1. The summed E-state index contributed by atoms with van der Waals surface area (Å²) >= 11 is 1.60. The minimum atomic E-state index is -0.636. The van der Waals surface area contributed by atoms with Crippen molar-refractivity contribution >= 4 is 22.4 Å². The molecule has 1 N–H and O–H groups in total. The minimum Gasteiger partial charge on any atom is -0.481 e. The van der Waals surface area contributed by atoms with Crippen LogP contribution in [0.2, 0.25) is 0 Å². The van der Waals surface area contributed by atoms with E-state index in [1.54, 1.807) is 11.3 Å². The highest BCUT2D eigenvalue weighted by Gasteiger charge is 2.65. The molecular formula is C10H12N2O2S. The molecule has 15 heavy (non-hydrogen) atoms. The van der Waals surface area contributed by atoms with E-state index in [9.17, 15) is 4.79 Å². The van der Waals surface area contributed by atoms with Crippen LogP contribution in [0.25, 0.3) is 0 Å². The lowest BCUT2D eigenvalue weighted by atomic mass is 10.1. The fraction of sp³-hybridized carbons (Fsp3) is 0.600. The maximum absolute atomic E-state index is 11.1. The van der Waals surface area contributed by atoms with E-state index in [0.717, 1.165) is 23.8 Å². The van der Waals surface area contributed by atoms with Crippen molar-refractivity contribution in [2.75, 3.05) is 18.0 Å². The van der Waals surface area contributed by atoms with Crippen molar-refractivity contribution in [2.45, 2.75) is 13.3 Å². The number of carbonyl (C=O) groups is 1. The average Bonchev–Trinajstić information content (AvgIpc) is 2.61. The lowest BCUT2D eigenvalue weighted by Gasteiger charge is -2.17. The normalized spacial score (nSPS) is 32.9. The molecule has 2 atom stereocenters. The first-order valence-corrected chi connectivity index (χ1v) is 5.90. The van der Waals surface area contributed by atoms with Gasteiger partial charge in [0.05, 0.1) is 11.1 Å². The molecule has 0 radical (unpaired) electrons. The van der Waals surface area contributed by atoms with Gasteiger partial charge >= 0.3 is 5.97 Å². The van der Waals surface area contributed by atoms with Crippen molar-refractivity contribution in [1.82, 2.24) is 4.98 Å². The summed E-state index contributed by atoms with van der Waals surface area (Å²) in [7, 11) is 0. The molecule has 0 aromatic carbocycles. The van der Waals surface area contributed by atoms with Crippen LogP contribution in [-0.2, 0) is 4.79 Å². The van der Waals surface area contributed by atoms with Crippen LogP contribution in [-0.4, -0.2) is 29.1 Å². The van der Waals surface area contributed by atoms with Gasteiger partial charge in [-0.2, -0.15) is 0 Å². The van der Waals surface area contributed by atoms with E-state index in [2.05, 4.69) is 9.88 Å². The summed E-state index contributed by atoms with van der Waals surface area (Å²) in [5.74, 6) is -0.289. The van der Waals surface area contributed by atoms with Crippen molar-refractivity contribution in [3.8, 4) is 0 Å². The molecule has 1 aliphatic heterocycles. The number of rotatable bonds is 2. The van der Waals surface area contributed by atoms with Crippen molar-refractivity contribution in [3.05, 3.63) is 11.1 Å². The Morgan fingerprint density at radius 2 is 2.60 bits per heavy atom. The fourth-order valence-corrected chi connectivity index (χ4v) is 3.26. The number of aliphatic carboxylic acids is 1. The smallest absolute Gasteiger partial charge is 0.311 e. The topological polar surface area (TPSA) is 53.4 Å². The monoisotopic (exact) mass is 224 g/mol. The van der Waals surface area contributed by atoms with Gasteiger partial charge in [0.2, 0.25) is 0 Å². The molecular weight excluding hydrogens is 212 g/mol. The maximum Gasteiger partial charge on any atom is 0.311 e. The summed E-state index contributed by atoms with van der Waals surface area (Å²) in [6.45, 7) is 3.46. The van der Waals surface area contributed by atoms with Gasteiger partial charge in [-0.15, -0.1) is 11.3 Å². The molecule has 0 bridgehead atoms. The Hall–Kier alpha value is -1.10. The first-order chi connectivity index (χ1) is 7.12. The first-order valence-electron chi connectivity index (χ1n) is 5.02. The zero-order chi connectivity index (χ0) is 10.6. The van der Waals surface area contributed by atoms with Crippen LogP contribution in [0.4, 0.5) is 5.13 Å². The number of fused-ring (bicyclic) bond motifs is 1. The Bertz CT molecular complexity index is 431. The number of nitrogens with zero attached hydrogens (tertiary/aromatic N) is 2. The zero-order valence-electron chi connectivity index (χ0n) is 8.43. The van der Waals surface area contributed by atoms with E-state index < -0.39 is 11.4 Å². The molecule has 0 amide bonds. The summed E-state index contributed by atoms with van der Waals surface area (Å²) in [6.07, 6.45) is 0.850. The number of aromatic nitrogens is 1. The largest absolute Gasteiger partial charge is 0.481 e. The molecule has 1 saturated heterocycles. The summed E-state index contributed by atoms with van der Waals surface area (Å²) < 4.78 is 0. The molecule has 1 saturated carbocycles. The van der Waals surface area contributed by atoms with Gasteiger partial charge < -0.3 is 10.0 Å². The summed E-state index contributed by atoms with van der Waals surface area (Å²) in [6, 6.07) is 0. The number of anilines is 1. The van der Waals surface area contributed by atoms with Crippen LogP contribution in [0, 0.1) is 18.3 Å². The number of hydrogen-bond acceptors (Lipinski definition) is 4. The van der Waals surface area contributed by atoms with Crippen molar-refractivity contribution < 1.29 is 9.90 Å². The molecule has 2 aliphatic rings. The number of carboxylic acids is 1. The second-order valence-corrected chi connectivity index (χ2v) is 5.35. The quantitative estimate of drug-likeness (QED) is 0.824. The fourth-order valence-electron chi connectivity index (χ4n) is 2.45. The van der Waals surface area contributed by atoms with Gasteiger partial charge in [-0.1, -0.05) is 0 Å². The van der Waals surface area contributed by atoms with Crippen molar-refractivity contribution in [3.63, 3.8) is 0 Å². The van der Waals surface area contributed by atoms with E-state index in [0.29, 0.717) is 12.5 Å². The highest BCUT2D eigenvalue weighted by Crippen LogP contribution is 2.58. The van der Waals surface area contributed by atoms with Gasteiger partial charge in [0.15, 0.2) is 5.13 Å². The predicted octanol–water partition coefficient (Wildman–Crippen LogP) is 1.36. The van der Waals surface area contributed by atoms with Crippen LogP contribution in [0.5, 0.6) is 0 Å². The van der Waals surface area contributed by atoms with Crippen LogP contribution in [0.15, 0.2) is 5.38 Å². The number of thiazole rings is 1. The molecule has 2 fully saturated rings. The molecule has 80 valence electrons. The first kappa shape index (κ1) is 9.15. The van der Waals surface area contributed by atoms with Gasteiger partial charge in [-0.25, -0.2) is 4.98 Å². The highest BCUT2D eigenvalue weighted by molar-refractivity contribution is 7.13. The van der Waals surface area contributed by atoms with Gasteiger partial charge in [-0.05, 0) is 19.3 Å². The molecule has 1 aromatic heterocycles. The van der Waals surface area contributed by atoms with Gasteiger partial charge in [-0.3, -0.25) is 4.79 Å². The Morgan fingerprint density at radius 3 is 3.13 bits per heavy atom. The van der Waals surface area contributed by atoms with Crippen LogP contribution < -0.4 is 4.90 Å². The Kier molecular flexibility index (Phi) is 1.66. The van der Waals surface area contributed by atoms with Gasteiger partial charge in [0, 0.05) is 18.5 Å². The summed E-state index contributed by atoms with van der Waals surface area (Å²) in [5, 5.41) is 12.1. The SMILES string of the molecule is Cc1csc(N2CC3CC3(C(=O)O)C2)n1. The predicted molar refractivity (Wildman–Crippen MR) is 57.2 cm³/mol. The lowest BCUT2D eigenvalue weighted by molar-refractivity contribution is -0.142. The molecule has 2 heterocycles. The number of aryl methyl sites for hydroxylation is 1. The standard InChI is InChI=1S/C10H12N2O2S/c1-6-4-15-9(11-6)12-3-7-2-10(7,5-12)8(13)14/h4,7H,2-3,5H2,1H3,(H,13,14). The van der Waals surface area contributed by atoms with Gasteiger partial charge in [0.1, 0.15) is 0 Å². The van der Waals surface area contributed by atoms with Crippen molar-refractivity contribution in [1.29, 1.82) is 0 Å². The zero-order valence-corrected chi connectivity index (χ0v) is 9.25. The average molecular weight is 224 g/mol. The Labute approximate surface area is 91.5 Å². The summed E-state index contributed by atoms with van der Waals surface area (Å²) in [4.78, 5) is 17.6. The van der Waals surface area contributed by atoms with Crippen LogP contribution in [0.3, 0.4) is 0 Å².